The minimum Gasteiger partial charge on any atom is -0.459 e. The highest BCUT2D eigenvalue weighted by atomic mass is 32.1. The summed E-state index contributed by atoms with van der Waals surface area (Å²) in [6.45, 7) is 7.21. The minimum atomic E-state index is -0.479. The fourth-order valence-electron chi connectivity index (χ4n) is 5.64. The number of hydrogen-bond donors (Lipinski definition) is 2. The van der Waals surface area contributed by atoms with Gasteiger partial charge in [-0.2, -0.15) is 0 Å². The highest BCUT2D eigenvalue weighted by molar-refractivity contribution is 7.17. The van der Waals surface area contributed by atoms with E-state index in [2.05, 4.69) is 15.6 Å². The number of carbonyl (C=O) groups excluding carboxylic acids is 4. The molecule has 2 N–H and O–H groups in total. The molecule has 3 heterocycles. The number of anilines is 2. The van der Waals surface area contributed by atoms with Crippen LogP contribution in [0.3, 0.4) is 0 Å². The standard InChI is InChI=1S/C33H39N3O6S2/c1-18(2)41-32(39)26-21-11-7-5-9-13-24(21)43-30(26)35-28(37)20-15-16-23(34-17-20)29(38)36-31-27(33(40)42-19(3)4)22-12-8-6-10-14-25(22)44-31/h15-19H,5-14H2,1-4H3,(H,35,37)(H,36,38). The van der Waals surface area contributed by atoms with E-state index in [-0.39, 0.29) is 23.5 Å². The van der Waals surface area contributed by atoms with Crippen molar-refractivity contribution in [3.8, 4) is 0 Å². The third-order valence-corrected chi connectivity index (χ3v) is 10.1. The van der Waals surface area contributed by atoms with Crippen LogP contribution < -0.4 is 10.6 Å². The van der Waals surface area contributed by atoms with Crippen molar-refractivity contribution < 1.29 is 28.7 Å². The number of pyridine rings is 1. The van der Waals surface area contributed by atoms with E-state index in [1.54, 1.807) is 27.7 Å². The Bertz CT molecular complexity index is 1440. The number of nitrogens with zero attached hydrogens (tertiary/aromatic N) is 1. The second-order valence-corrected chi connectivity index (χ2v) is 14.0. The Kier molecular flexibility index (Phi) is 10.2. The van der Waals surface area contributed by atoms with Gasteiger partial charge >= 0.3 is 11.9 Å². The molecule has 11 heteroatoms. The molecular formula is C33H39N3O6S2. The number of fused-ring (bicyclic) bond motifs is 2. The first-order valence-electron chi connectivity index (χ1n) is 15.4. The molecule has 0 radical (unpaired) electrons. The molecule has 2 amide bonds. The highest BCUT2D eigenvalue weighted by Crippen LogP contribution is 2.39. The second kappa shape index (κ2) is 14.0. The van der Waals surface area contributed by atoms with Gasteiger partial charge in [-0.05, 0) is 102 Å². The van der Waals surface area contributed by atoms with Gasteiger partial charge in [0.2, 0.25) is 0 Å². The lowest BCUT2D eigenvalue weighted by Gasteiger charge is -2.12. The largest absolute Gasteiger partial charge is 0.459 e. The Morgan fingerprint density at radius 3 is 1.61 bits per heavy atom. The molecule has 44 heavy (non-hydrogen) atoms. The van der Waals surface area contributed by atoms with Crippen molar-refractivity contribution in [2.75, 3.05) is 10.6 Å². The number of thiophene rings is 2. The van der Waals surface area contributed by atoms with E-state index in [0.29, 0.717) is 21.1 Å². The number of nitrogens with one attached hydrogen (secondary N) is 2. The lowest BCUT2D eigenvalue weighted by molar-refractivity contribution is 0.0367. The van der Waals surface area contributed by atoms with Crippen LogP contribution in [0, 0.1) is 0 Å². The van der Waals surface area contributed by atoms with E-state index >= 15 is 0 Å². The lowest BCUT2D eigenvalue weighted by atomic mass is 10.1. The molecule has 0 aromatic carbocycles. The molecule has 0 fully saturated rings. The van der Waals surface area contributed by atoms with E-state index in [1.165, 1.54) is 41.0 Å². The van der Waals surface area contributed by atoms with E-state index in [9.17, 15) is 19.2 Å². The lowest BCUT2D eigenvalue weighted by Crippen LogP contribution is -2.19. The number of carbonyl (C=O) groups is 4. The van der Waals surface area contributed by atoms with E-state index < -0.39 is 23.8 Å². The molecular weight excluding hydrogens is 599 g/mol. The Labute approximate surface area is 265 Å². The summed E-state index contributed by atoms with van der Waals surface area (Å²) >= 11 is 2.85. The molecule has 3 aromatic rings. The van der Waals surface area contributed by atoms with Crippen LogP contribution in [0.15, 0.2) is 18.3 Å². The van der Waals surface area contributed by atoms with Gasteiger partial charge in [0.05, 0.1) is 28.9 Å². The Morgan fingerprint density at radius 2 is 1.16 bits per heavy atom. The van der Waals surface area contributed by atoms with Crippen molar-refractivity contribution in [1.29, 1.82) is 0 Å². The topological polar surface area (TPSA) is 124 Å². The quantitative estimate of drug-likeness (QED) is 0.195. The number of hydrogen-bond acceptors (Lipinski definition) is 9. The molecule has 0 atom stereocenters. The van der Waals surface area contributed by atoms with Gasteiger partial charge in [0, 0.05) is 16.0 Å². The fraction of sp³-hybridized carbons (Fsp3) is 0.485. The number of amides is 2. The molecule has 2 aliphatic carbocycles. The molecule has 0 saturated heterocycles. The van der Waals surface area contributed by atoms with Crippen molar-refractivity contribution in [3.05, 3.63) is 61.6 Å². The zero-order valence-corrected chi connectivity index (χ0v) is 27.3. The zero-order chi connectivity index (χ0) is 31.4. The first kappa shape index (κ1) is 31.8. The monoisotopic (exact) mass is 637 g/mol. The average Bonchev–Trinajstić information content (AvgIpc) is 3.25. The van der Waals surface area contributed by atoms with Crippen LogP contribution in [0.4, 0.5) is 10.0 Å². The van der Waals surface area contributed by atoms with Crippen molar-refractivity contribution in [2.45, 2.75) is 104 Å². The van der Waals surface area contributed by atoms with Gasteiger partial charge in [-0.3, -0.25) is 14.6 Å². The molecule has 2 aliphatic rings. The van der Waals surface area contributed by atoms with E-state index in [1.807, 2.05) is 0 Å². The van der Waals surface area contributed by atoms with Gasteiger partial charge in [0.15, 0.2) is 0 Å². The third kappa shape index (κ3) is 7.21. The molecule has 0 spiro atoms. The van der Waals surface area contributed by atoms with Crippen LogP contribution in [-0.4, -0.2) is 40.9 Å². The molecule has 0 aliphatic heterocycles. The van der Waals surface area contributed by atoms with Crippen LogP contribution in [-0.2, 0) is 35.2 Å². The summed E-state index contributed by atoms with van der Waals surface area (Å²) in [6.07, 6.45) is 10.3. The first-order valence-corrected chi connectivity index (χ1v) is 17.1. The van der Waals surface area contributed by atoms with Gasteiger partial charge < -0.3 is 20.1 Å². The number of aromatic nitrogens is 1. The molecule has 0 bridgehead atoms. The van der Waals surface area contributed by atoms with E-state index in [4.69, 9.17) is 9.47 Å². The molecule has 9 nitrogen and oxygen atoms in total. The zero-order valence-electron chi connectivity index (χ0n) is 25.7. The van der Waals surface area contributed by atoms with E-state index in [0.717, 1.165) is 85.1 Å². The Balaban J connectivity index is 1.33. The first-order chi connectivity index (χ1) is 21.1. The van der Waals surface area contributed by atoms with Gasteiger partial charge in [-0.25, -0.2) is 9.59 Å². The van der Waals surface area contributed by atoms with Crippen LogP contribution in [0.2, 0.25) is 0 Å². The number of rotatable bonds is 8. The van der Waals surface area contributed by atoms with Gasteiger partial charge in [-0.15, -0.1) is 22.7 Å². The third-order valence-electron chi connectivity index (χ3n) is 7.65. The van der Waals surface area contributed by atoms with Crippen LogP contribution >= 0.6 is 22.7 Å². The second-order valence-electron chi connectivity index (χ2n) is 11.8. The average molecular weight is 638 g/mol. The SMILES string of the molecule is CC(C)OC(=O)c1c(NC(=O)c2ccc(C(=O)Nc3sc4c(c3C(=O)OC(C)C)CCCCC4)nc2)sc2c1CCCCC2. The Hall–Kier alpha value is -3.57. The van der Waals surface area contributed by atoms with Gasteiger partial charge in [-0.1, -0.05) is 12.8 Å². The molecule has 3 aromatic heterocycles. The van der Waals surface area contributed by atoms with Crippen molar-refractivity contribution in [1.82, 2.24) is 4.98 Å². The van der Waals surface area contributed by atoms with Crippen LogP contribution in [0.1, 0.15) is 129 Å². The summed E-state index contributed by atoms with van der Waals surface area (Å²) in [4.78, 5) is 59.1. The Morgan fingerprint density at radius 1 is 0.682 bits per heavy atom. The summed E-state index contributed by atoms with van der Waals surface area (Å²) in [5, 5.41) is 6.73. The number of ether oxygens (including phenoxy) is 2. The maximum absolute atomic E-state index is 13.3. The molecule has 5 rings (SSSR count). The van der Waals surface area contributed by atoms with Crippen LogP contribution in [0.5, 0.6) is 0 Å². The van der Waals surface area contributed by atoms with Gasteiger partial charge in [0.1, 0.15) is 15.7 Å². The summed E-state index contributed by atoms with van der Waals surface area (Å²) in [5.41, 5.74) is 3.18. The molecule has 0 unspecified atom stereocenters. The summed E-state index contributed by atoms with van der Waals surface area (Å²) < 4.78 is 11.0. The van der Waals surface area contributed by atoms with Gasteiger partial charge in [0.25, 0.3) is 11.8 Å². The summed E-state index contributed by atoms with van der Waals surface area (Å²) in [6, 6.07) is 3.01. The number of esters is 2. The van der Waals surface area contributed by atoms with Crippen LogP contribution in [0.25, 0.3) is 0 Å². The summed E-state index contributed by atoms with van der Waals surface area (Å²) in [5.74, 6) is -1.77. The fourth-order valence-corrected chi connectivity index (χ4v) is 8.19. The molecule has 234 valence electrons. The smallest absolute Gasteiger partial charge is 0.341 e. The maximum atomic E-state index is 13.3. The predicted molar refractivity (Wildman–Crippen MR) is 172 cm³/mol. The molecule has 0 saturated carbocycles. The predicted octanol–water partition coefficient (Wildman–Crippen LogP) is 7.38. The minimum absolute atomic E-state index is 0.109. The van der Waals surface area contributed by atoms with Crippen molar-refractivity contribution >= 4 is 56.4 Å². The number of aryl methyl sites for hydroxylation is 2. The highest BCUT2D eigenvalue weighted by Gasteiger charge is 2.29. The van der Waals surface area contributed by atoms with Crippen molar-refractivity contribution in [2.24, 2.45) is 0 Å². The van der Waals surface area contributed by atoms with Crippen molar-refractivity contribution in [3.63, 3.8) is 0 Å². The normalized spacial score (nSPS) is 14.7. The summed E-state index contributed by atoms with van der Waals surface area (Å²) in [7, 11) is 0. The maximum Gasteiger partial charge on any atom is 0.341 e.